The Bertz CT molecular complexity index is 714. The Morgan fingerprint density at radius 2 is 1.19 bits per heavy atom. The lowest BCUT2D eigenvalue weighted by Crippen LogP contribution is -2.58. The molecule has 1 aliphatic rings. The SMILES string of the molecule is C=C[C@H](C)C1OC(CCO[Si](C)(C)C(C)(C)C)C(O[Si](C)(C)C(C)(C)C)CC1O[Si](C)(C)C(C)(C)C. The molecule has 4 unspecified atom stereocenters. The average molecular weight is 559 g/mol. The molecule has 0 amide bonds. The second-order valence-corrected chi connectivity index (χ2v) is 30.0. The normalized spacial score (nSPS) is 26.1. The van der Waals surface area contributed by atoms with Crippen LogP contribution in [0.5, 0.6) is 0 Å². The molecule has 0 spiro atoms. The Balaban J connectivity index is 3.29. The van der Waals surface area contributed by atoms with E-state index < -0.39 is 25.0 Å². The summed E-state index contributed by atoms with van der Waals surface area (Å²) in [5.41, 5.74) is 0. The third-order valence-corrected chi connectivity index (χ3v) is 23.2. The molecule has 0 aromatic rings. The highest BCUT2D eigenvalue weighted by molar-refractivity contribution is 6.75. The molecule has 0 N–H and O–H groups in total. The molecule has 0 aliphatic carbocycles. The van der Waals surface area contributed by atoms with Crippen molar-refractivity contribution >= 4 is 25.0 Å². The number of hydrogen-bond donors (Lipinski definition) is 0. The summed E-state index contributed by atoms with van der Waals surface area (Å²) >= 11 is 0. The van der Waals surface area contributed by atoms with Crippen molar-refractivity contribution in [1.29, 1.82) is 0 Å². The van der Waals surface area contributed by atoms with E-state index in [0.29, 0.717) is 6.61 Å². The van der Waals surface area contributed by atoms with Crippen molar-refractivity contribution < 1.29 is 18.0 Å². The van der Waals surface area contributed by atoms with Crippen LogP contribution in [0.4, 0.5) is 0 Å². The fourth-order valence-corrected chi connectivity index (χ4v) is 7.50. The Morgan fingerprint density at radius 3 is 1.58 bits per heavy atom. The molecule has 0 bridgehead atoms. The molecule has 4 nitrogen and oxygen atoms in total. The van der Waals surface area contributed by atoms with E-state index in [9.17, 15) is 0 Å². The van der Waals surface area contributed by atoms with Gasteiger partial charge in [-0.25, -0.2) is 0 Å². The Morgan fingerprint density at radius 1 is 0.778 bits per heavy atom. The summed E-state index contributed by atoms with van der Waals surface area (Å²) in [6.45, 7) is 41.8. The molecular formula is C29H62O4Si3. The maximum atomic E-state index is 7.08. The highest BCUT2D eigenvalue weighted by atomic mass is 28.4. The summed E-state index contributed by atoms with van der Waals surface area (Å²) in [4.78, 5) is 0. The van der Waals surface area contributed by atoms with Gasteiger partial charge in [0, 0.05) is 18.9 Å². The molecule has 0 aromatic carbocycles. The maximum absolute atomic E-state index is 7.08. The van der Waals surface area contributed by atoms with Crippen LogP contribution in [0.15, 0.2) is 12.7 Å². The number of hydrogen-bond acceptors (Lipinski definition) is 4. The molecule has 0 radical (unpaired) electrons. The molecule has 1 heterocycles. The second kappa shape index (κ2) is 11.8. The fourth-order valence-electron chi connectivity index (χ4n) is 3.74. The van der Waals surface area contributed by atoms with Gasteiger partial charge in [0.05, 0.1) is 24.4 Å². The first-order valence-corrected chi connectivity index (χ1v) is 22.9. The lowest BCUT2D eigenvalue weighted by Gasteiger charge is -2.50. The minimum absolute atomic E-state index is 0.00411. The van der Waals surface area contributed by atoms with E-state index in [0.717, 1.165) is 12.8 Å². The summed E-state index contributed by atoms with van der Waals surface area (Å²) in [6, 6.07) is 0. The lowest BCUT2D eigenvalue weighted by molar-refractivity contribution is -0.174. The summed E-state index contributed by atoms with van der Waals surface area (Å²) in [5, 5.41) is 0.467. The number of ether oxygens (including phenoxy) is 1. The van der Waals surface area contributed by atoms with Gasteiger partial charge in [-0.05, 0) is 60.8 Å². The number of rotatable bonds is 10. The van der Waals surface area contributed by atoms with Gasteiger partial charge < -0.3 is 18.0 Å². The van der Waals surface area contributed by atoms with Crippen molar-refractivity contribution in [3.05, 3.63) is 12.7 Å². The average Bonchev–Trinajstić information content (AvgIpc) is 2.65. The van der Waals surface area contributed by atoms with E-state index in [2.05, 4.69) is 115 Å². The van der Waals surface area contributed by atoms with E-state index >= 15 is 0 Å². The maximum Gasteiger partial charge on any atom is 0.192 e. The largest absolute Gasteiger partial charge is 0.417 e. The zero-order valence-corrected chi connectivity index (χ0v) is 29.9. The summed E-state index contributed by atoms with van der Waals surface area (Å²) < 4.78 is 27.6. The quantitative estimate of drug-likeness (QED) is 0.198. The van der Waals surface area contributed by atoms with E-state index in [4.69, 9.17) is 18.0 Å². The van der Waals surface area contributed by atoms with Crippen LogP contribution in [-0.4, -0.2) is 56.0 Å². The Labute approximate surface area is 228 Å². The van der Waals surface area contributed by atoms with Crippen molar-refractivity contribution in [2.24, 2.45) is 5.92 Å². The van der Waals surface area contributed by atoms with Gasteiger partial charge in [-0.2, -0.15) is 0 Å². The zero-order chi connectivity index (χ0) is 28.5. The molecule has 36 heavy (non-hydrogen) atoms. The first kappa shape index (κ1) is 34.3. The fraction of sp³-hybridized carbons (Fsp3) is 0.931. The van der Waals surface area contributed by atoms with E-state index in [-0.39, 0.29) is 45.4 Å². The third kappa shape index (κ3) is 8.62. The third-order valence-electron chi connectivity index (χ3n) is 9.64. The molecule has 1 aliphatic heterocycles. The van der Waals surface area contributed by atoms with Crippen LogP contribution in [0.1, 0.15) is 82.1 Å². The summed E-state index contributed by atoms with van der Waals surface area (Å²) in [5.74, 6) is 0.206. The van der Waals surface area contributed by atoms with Gasteiger partial charge in [0.25, 0.3) is 0 Å². The zero-order valence-electron chi connectivity index (χ0n) is 26.9. The van der Waals surface area contributed by atoms with Crippen LogP contribution in [0, 0.1) is 5.92 Å². The van der Waals surface area contributed by atoms with E-state index in [1.54, 1.807) is 0 Å². The van der Waals surface area contributed by atoms with Crippen molar-refractivity contribution in [1.82, 2.24) is 0 Å². The Hall–Kier alpha value is 0.231. The van der Waals surface area contributed by atoms with Crippen LogP contribution in [0.25, 0.3) is 0 Å². The van der Waals surface area contributed by atoms with Crippen LogP contribution in [0.2, 0.25) is 54.4 Å². The van der Waals surface area contributed by atoms with Crippen molar-refractivity contribution in [2.75, 3.05) is 6.61 Å². The standard InChI is InChI=1S/C29H62O4Si3/c1-18-22(2)26-25(33-36(16,17)29(9,10)11)21-24(32-35(14,15)28(6,7)8)23(31-26)19-20-30-34(12,13)27(3,4)5/h18,22-26H,1,19-21H2,2-17H3/t22-,23?,24?,25?,26?/m0/s1. The Kier molecular flexibility index (Phi) is 11.2. The highest BCUT2D eigenvalue weighted by Crippen LogP contribution is 2.44. The van der Waals surface area contributed by atoms with Crippen molar-refractivity contribution in [3.63, 3.8) is 0 Å². The van der Waals surface area contributed by atoms with Crippen LogP contribution in [0.3, 0.4) is 0 Å². The molecule has 0 aromatic heterocycles. The molecule has 1 saturated heterocycles. The second-order valence-electron chi connectivity index (χ2n) is 15.7. The molecular weight excluding hydrogens is 497 g/mol. The smallest absolute Gasteiger partial charge is 0.192 e. The molecule has 5 atom stereocenters. The molecule has 7 heteroatoms. The summed E-state index contributed by atoms with van der Waals surface area (Å²) in [6.07, 6.45) is 3.73. The van der Waals surface area contributed by atoms with Gasteiger partial charge in [0.1, 0.15) is 0 Å². The van der Waals surface area contributed by atoms with Gasteiger partial charge in [-0.3, -0.25) is 0 Å². The molecule has 214 valence electrons. The minimum atomic E-state index is -2.00. The van der Waals surface area contributed by atoms with Gasteiger partial charge in [0.2, 0.25) is 0 Å². The predicted octanol–water partition coefficient (Wildman–Crippen LogP) is 9.16. The minimum Gasteiger partial charge on any atom is -0.417 e. The first-order chi connectivity index (χ1) is 15.9. The predicted molar refractivity (Wildman–Crippen MR) is 165 cm³/mol. The monoisotopic (exact) mass is 558 g/mol. The van der Waals surface area contributed by atoms with Crippen LogP contribution >= 0.6 is 0 Å². The van der Waals surface area contributed by atoms with Gasteiger partial charge in [-0.15, -0.1) is 6.58 Å². The highest BCUT2D eigenvalue weighted by Gasteiger charge is 2.49. The molecule has 1 rings (SSSR count). The lowest BCUT2D eigenvalue weighted by atomic mass is 9.90. The van der Waals surface area contributed by atoms with Gasteiger partial charge in [0.15, 0.2) is 25.0 Å². The van der Waals surface area contributed by atoms with Gasteiger partial charge >= 0.3 is 0 Å². The van der Waals surface area contributed by atoms with Crippen molar-refractivity contribution in [2.45, 2.75) is 161 Å². The van der Waals surface area contributed by atoms with Crippen molar-refractivity contribution in [3.8, 4) is 0 Å². The molecule has 0 saturated carbocycles. The van der Waals surface area contributed by atoms with E-state index in [1.165, 1.54) is 0 Å². The van der Waals surface area contributed by atoms with E-state index in [1.807, 2.05) is 6.08 Å². The van der Waals surface area contributed by atoms with Crippen LogP contribution in [-0.2, 0) is 18.0 Å². The summed E-state index contributed by atoms with van der Waals surface area (Å²) in [7, 11) is -5.81. The topological polar surface area (TPSA) is 36.9 Å². The van der Waals surface area contributed by atoms with Crippen LogP contribution < -0.4 is 0 Å². The first-order valence-electron chi connectivity index (χ1n) is 14.1. The van der Waals surface area contributed by atoms with Gasteiger partial charge in [-0.1, -0.05) is 75.3 Å². The molecule has 1 fully saturated rings.